The fraction of sp³-hybridized carbons (Fsp3) is 0.125. The average Bonchev–Trinajstić information content (AvgIpc) is 3.22. The van der Waals surface area contributed by atoms with Gasteiger partial charge in [-0.2, -0.15) is 0 Å². The number of fused-ring (bicyclic) bond motifs is 1. The van der Waals surface area contributed by atoms with Gasteiger partial charge in [-0.25, -0.2) is 14.5 Å². The lowest BCUT2D eigenvalue weighted by atomic mass is 10.2. The number of hydrogen-bond donors (Lipinski definition) is 1. The second kappa shape index (κ2) is 6.32. The van der Waals surface area contributed by atoms with Gasteiger partial charge in [0.25, 0.3) is 0 Å². The second-order valence-corrected chi connectivity index (χ2v) is 6.18. The first-order valence-electron chi connectivity index (χ1n) is 7.46. The van der Waals surface area contributed by atoms with Crippen molar-refractivity contribution in [1.82, 2.24) is 29.4 Å². The molecule has 0 saturated heterocycles. The van der Waals surface area contributed by atoms with Crippen LogP contribution < -0.4 is 5.69 Å². The highest BCUT2D eigenvalue weighted by Gasteiger charge is 2.08. The van der Waals surface area contributed by atoms with Crippen molar-refractivity contribution >= 4 is 17.4 Å². The monoisotopic (exact) mass is 338 g/mol. The van der Waals surface area contributed by atoms with E-state index in [0.717, 1.165) is 11.4 Å². The molecule has 0 saturated carbocycles. The Morgan fingerprint density at radius 1 is 1.08 bits per heavy atom. The fourth-order valence-electron chi connectivity index (χ4n) is 2.37. The van der Waals surface area contributed by atoms with Gasteiger partial charge in [0.2, 0.25) is 5.16 Å². The van der Waals surface area contributed by atoms with Crippen LogP contribution in [0.1, 0.15) is 0 Å². The molecule has 0 bridgehead atoms. The lowest BCUT2D eigenvalue weighted by Crippen LogP contribution is -2.21. The number of nitrogens with zero attached hydrogens (tertiary/aromatic N) is 5. The zero-order chi connectivity index (χ0) is 16.4. The maximum Gasteiger partial charge on any atom is 0.350 e. The summed E-state index contributed by atoms with van der Waals surface area (Å²) in [5.41, 5.74) is 1.51. The van der Waals surface area contributed by atoms with Crippen molar-refractivity contribution in [2.24, 2.45) is 0 Å². The van der Waals surface area contributed by atoms with Crippen LogP contribution in [-0.2, 0) is 6.54 Å². The van der Waals surface area contributed by atoms with Crippen LogP contribution >= 0.6 is 11.8 Å². The molecular weight excluding hydrogens is 324 g/mol. The van der Waals surface area contributed by atoms with Crippen LogP contribution in [0.5, 0.6) is 0 Å². The molecule has 0 atom stereocenters. The zero-order valence-electron chi connectivity index (χ0n) is 12.7. The minimum atomic E-state index is -0.133. The molecular formula is C16H14N6OS. The number of nitrogens with one attached hydrogen (secondary N) is 1. The molecule has 1 aromatic carbocycles. The van der Waals surface area contributed by atoms with Crippen molar-refractivity contribution in [1.29, 1.82) is 0 Å². The third-order valence-corrected chi connectivity index (χ3v) is 4.36. The molecule has 24 heavy (non-hydrogen) atoms. The highest BCUT2D eigenvalue weighted by molar-refractivity contribution is 7.99. The fourth-order valence-corrected chi connectivity index (χ4v) is 3.09. The van der Waals surface area contributed by atoms with E-state index in [1.807, 2.05) is 48.5 Å². The van der Waals surface area contributed by atoms with Gasteiger partial charge < -0.3 is 0 Å². The minimum Gasteiger partial charge on any atom is -0.258 e. The van der Waals surface area contributed by atoms with Gasteiger partial charge in [0.15, 0.2) is 11.5 Å². The molecule has 0 amide bonds. The van der Waals surface area contributed by atoms with Gasteiger partial charge in [0.1, 0.15) is 0 Å². The molecule has 0 aliphatic carbocycles. The van der Waals surface area contributed by atoms with Gasteiger partial charge in [-0.15, -0.1) is 10.2 Å². The minimum absolute atomic E-state index is 0.133. The normalized spacial score (nSPS) is 11.2. The third-order valence-electron chi connectivity index (χ3n) is 3.53. The number of aromatic amines is 1. The summed E-state index contributed by atoms with van der Waals surface area (Å²) < 4.78 is 3.00. The molecule has 120 valence electrons. The number of rotatable bonds is 5. The standard InChI is InChI=1S/C16H14N6OS/c23-16-21-9-5-4-8-13(21)20-22(16)10-11-24-15-17-14(18-19-15)12-6-2-1-3-7-12/h1-9H,10-11H2,(H,17,18,19). The van der Waals surface area contributed by atoms with Crippen LogP contribution in [-0.4, -0.2) is 35.1 Å². The molecule has 8 heteroatoms. The summed E-state index contributed by atoms with van der Waals surface area (Å²) >= 11 is 1.49. The van der Waals surface area contributed by atoms with E-state index in [1.165, 1.54) is 20.8 Å². The Labute approximate surface area is 141 Å². The van der Waals surface area contributed by atoms with Crippen molar-refractivity contribution in [2.45, 2.75) is 11.7 Å². The predicted octanol–water partition coefficient (Wildman–Crippen LogP) is 2.07. The Bertz CT molecular complexity index is 1020. The number of aryl methyl sites for hydroxylation is 1. The van der Waals surface area contributed by atoms with Gasteiger partial charge in [-0.3, -0.25) is 9.50 Å². The highest BCUT2D eigenvalue weighted by atomic mass is 32.2. The van der Waals surface area contributed by atoms with E-state index >= 15 is 0 Å². The molecule has 0 radical (unpaired) electrons. The Morgan fingerprint density at radius 3 is 2.75 bits per heavy atom. The van der Waals surface area contributed by atoms with Gasteiger partial charge in [-0.05, 0) is 12.1 Å². The first kappa shape index (κ1) is 14.7. The largest absolute Gasteiger partial charge is 0.350 e. The van der Waals surface area contributed by atoms with Crippen molar-refractivity contribution in [3.05, 3.63) is 65.2 Å². The Balaban J connectivity index is 1.43. The molecule has 4 rings (SSSR count). The number of hydrogen-bond acceptors (Lipinski definition) is 5. The van der Waals surface area contributed by atoms with Crippen LogP contribution in [0.4, 0.5) is 0 Å². The summed E-state index contributed by atoms with van der Waals surface area (Å²) in [7, 11) is 0. The number of pyridine rings is 1. The summed E-state index contributed by atoms with van der Waals surface area (Å²) in [6.45, 7) is 0.500. The second-order valence-electron chi connectivity index (χ2n) is 5.12. The number of thioether (sulfide) groups is 1. The highest BCUT2D eigenvalue weighted by Crippen LogP contribution is 2.18. The van der Waals surface area contributed by atoms with Crippen LogP contribution in [0.2, 0.25) is 0 Å². The van der Waals surface area contributed by atoms with Crippen LogP contribution in [0.15, 0.2) is 64.7 Å². The first-order chi connectivity index (χ1) is 11.8. The van der Waals surface area contributed by atoms with E-state index < -0.39 is 0 Å². The van der Waals surface area contributed by atoms with Crippen molar-refractivity contribution in [2.75, 3.05) is 5.75 Å². The average molecular weight is 338 g/mol. The Kier molecular flexibility index (Phi) is 3.87. The molecule has 0 aliphatic rings. The Morgan fingerprint density at radius 2 is 1.92 bits per heavy atom. The van der Waals surface area contributed by atoms with Crippen LogP contribution in [0.3, 0.4) is 0 Å². The molecule has 1 N–H and O–H groups in total. The van der Waals surface area contributed by atoms with E-state index in [2.05, 4.69) is 20.3 Å². The number of aromatic nitrogens is 6. The molecule has 3 aromatic heterocycles. The van der Waals surface area contributed by atoms with E-state index in [1.54, 1.807) is 6.20 Å². The molecule has 0 unspecified atom stereocenters. The molecule has 3 heterocycles. The molecule has 0 spiro atoms. The molecule has 7 nitrogen and oxygen atoms in total. The van der Waals surface area contributed by atoms with Gasteiger partial charge >= 0.3 is 5.69 Å². The maximum atomic E-state index is 12.2. The lowest BCUT2D eigenvalue weighted by molar-refractivity contribution is 0.639. The quantitative estimate of drug-likeness (QED) is 0.564. The van der Waals surface area contributed by atoms with E-state index in [9.17, 15) is 4.79 Å². The zero-order valence-corrected chi connectivity index (χ0v) is 13.5. The first-order valence-corrected chi connectivity index (χ1v) is 8.45. The number of benzene rings is 1. The van der Waals surface area contributed by atoms with Crippen LogP contribution in [0, 0.1) is 0 Å². The summed E-state index contributed by atoms with van der Waals surface area (Å²) in [6, 6.07) is 15.3. The smallest absolute Gasteiger partial charge is 0.258 e. The van der Waals surface area contributed by atoms with Crippen molar-refractivity contribution in [3.8, 4) is 11.4 Å². The summed E-state index contributed by atoms with van der Waals surface area (Å²) in [5.74, 6) is 1.40. The van der Waals surface area contributed by atoms with Gasteiger partial charge in [-0.1, -0.05) is 48.2 Å². The topological polar surface area (TPSA) is 80.9 Å². The summed E-state index contributed by atoms with van der Waals surface area (Å²) in [4.78, 5) is 16.6. The lowest BCUT2D eigenvalue weighted by Gasteiger charge is -1.96. The van der Waals surface area contributed by atoms with Crippen molar-refractivity contribution in [3.63, 3.8) is 0 Å². The molecule has 0 fully saturated rings. The summed E-state index contributed by atoms with van der Waals surface area (Å²) in [6.07, 6.45) is 1.72. The van der Waals surface area contributed by atoms with Gasteiger partial charge in [0.05, 0.1) is 6.54 Å². The summed E-state index contributed by atoms with van der Waals surface area (Å²) in [5, 5.41) is 12.1. The third kappa shape index (κ3) is 2.83. The maximum absolute atomic E-state index is 12.2. The number of H-pyrrole nitrogens is 1. The Hall–Kier alpha value is -2.87. The SMILES string of the molecule is O=c1n(CCSc2n[nH]c(-c3ccccc3)n2)nc2ccccn12. The van der Waals surface area contributed by atoms with Crippen molar-refractivity contribution < 1.29 is 0 Å². The van der Waals surface area contributed by atoms with E-state index in [0.29, 0.717) is 23.1 Å². The van der Waals surface area contributed by atoms with Crippen LogP contribution in [0.25, 0.3) is 17.0 Å². The van der Waals surface area contributed by atoms with E-state index in [-0.39, 0.29) is 5.69 Å². The molecule has 4 aromatic rings. The van der Waals surface area contributed by atoms with E-state index in [4.69, 9.17) is 0 Å². The molecule has 0 aliphatic heterocycles. The predicted molar refractivity (Wildman–Crippen MR) is 92.0 cm³/mol. The van der Waals surface area contributed by atoms with Gasteiger partial charge in [0, 0.05) is 17.5 Å².